The molecule has 4 rings (SSSR count). The number of aliphatic carboxylic acids is 1. The number of aliphatic hydroxyl groups is 1. The minimum absolute atomic E-state index is 0.0746. The Morgan fingerprint density at radius 1 is 1.16 bits per heavy atom. The van der Waals surface area contributed by atoms with Crippen LogP contribution in [0.25, 0.3) is 0 Å². The van der Waals surface area contributed by atoms with Crippen LogP contribution in [0.1, 0.15) is 36.4 Å². The highest BCUT2D eigenvalue weighted by Gasteiger charge is 2.32. The van der Waals surface area contributed by atoms with Gasteiger partial charge < -0.3 is 25.2 Å². The number of hydrogen-bond acceptors (Lipinski definition) is 7. The molecule has 0 atom stereocenters. The zero-order valence-corrected chi connectivity index (χ0v) is 17.2. The summed E-state index contributed by atoms with van der Waals surface area (Å²) in [4.78, 5) is 45.2. The first kappa shape index (κ1) is 21.3. The van der Waals surface area contributed by atoms with Crippen molar-refractivity contribution in [3.63, 3.8) is 0 Å². The fraction of sp³-hybridized carbons (Fsp3) is 0.318. The van der Waals surface area contributed by atoms with Crippen molar-refractivity contribution in [2.24, 2.45) is 0 Å². The van der Waals surface area contributed by atoms with E-state index in [1.165, 1.54) is 35.7 Å². The number of nitrogens with zero attached hydrogens (tertiary/aromatic N) is 3. The van der Waals surface area contributed by atoms with Crippen LogP contribution in [0.2, 0.25) is 0 Å². The average molecular weight is 438 g/mol. The Morgan fingerprint density at radius 3 is 2.53 bits per heavy atom. The summed E-state index contributed by atoms with van der Waals surface area (Å²) in [6.45, 7) is -0.391. The van der Waals surface area contributed by atoms with Crippen molar-refractivity contribution in [2.45, 2.75) is 31.7 Å². The van der Waals surface area contributed by atoms with Crippen LogP contribution >= 0.6 is 0 Å². The van der Waals surface area contributed by atoms with Gasteiger partial charge in [0.25, 0.3) is 11.8 Å². The molecule has 166 valence electrons. The standard InChI is InChI=1S/C22H22N4O6/c27-17-7-8-26(22(31)20(17)21(30)25-11-19(28)29)12-15-9-24-18(10-23-15)32-16-5-3-14(4-6-16)13-1-2-13/h3-6,9-10,13,27H,1-2,7-8,11-12H2,(H,25,30)(H,28,29). The number of hydrogen-bond donors (Lipinski definition) is 3. The number of aromatic nitrogens is 2. The molecule has 1 aliphatic carbocycles. The summed E-state index contributed by atoms with van der Waals surface area (Å²) in [5.74, 6) is -1.62. The lowest BCUT2D eigenvalue weighted by atomic mass is 10.1. The molecule has 32 heavy (non-hydrogen) atoms. The van der Waals surface area contributed by atoms with E-state index in [0.29, 0.717) is 23.2 Å². The summed E-state index contributed by atoms with van der Waals surface area (Å²) in [6, 6.07) is 7.88. The maximum absolute atomic E-state index is 12.6. The van der Waals surface area contributed by atoms with Crippen molar-refractivity contribution in [3.05, 3.63) is 59.2 Å². The first-order chi connectivity index (χ1) is 15.4. The summed E-state index contributed by atoms with van der Waals surface area (Å²) >= 11 is 0. The van der Waals surface area contributed by atoms with E-state index < -0.39 is 29.9 Å². The normalized spacial score (nSPS) is 16.1. The summed E-state index contributed by atoms with van der Waals surface area (Å²) in [7, 11) is 0. The summed E-state index contributed by atoms with van der Waals surface area (Å²) in [6.07, 6.45) is 5.47. The summed E-state index contributed by atoms with van der Waals surface area (Å²) in [5.41, 5.74) is 1.32. The monoisotopic (exact) mass is 438 g/mol. The lowest BCUT2D eigenvalue weighted by molar-refractivity contribution is -0.138. The third kappa shape index (κ3) is 5.02. The van der Waals surface area contributed by atoms with Crippen LogP contribution in [-0.4, -0.2) is 56.0 Å². The number of nitrogens with one attached hydrogen (secondary N) is 1. The molecule has 10 nitrogen and oxygen atoms in total. The molecule has 2 aromatic rings. The van der Waals surface area contributed by atoms with Crippen molar-refractivity contribution in [2.75, 3.05) is 13.1 Å². The number of amides is 2. The predicted octanol–water partition coefficient (Wildman–Crippen LogP) is 1.89. The molecule has 1 fully saturated rings. The van der Waals surface area contributed by atoms with E-state index in [1.54, 1.807) is 0 Å². The molecule has 1 saturated carbocycles. The molecule has 2 amide bonds. The number of carboxylic acid groups (broad SMARTS) is 1. The van der Waals surface area contributed by atoms with Gasteiger partial charge in [-0.05, 0) is 36.5 Å². The number of ether oxygens (including phenoxy) is 1. The largest absolute Gasteiger partial charge is 0.511 e. The van der Waals surface area contributed by atoms with Crippen LogP contribution in [0.4, 0.5) is 0 Å². The highest BCUT2D eigenvalue weighted by atomic mass is 16.5. The number of benzene rings is 1. The highest BCUT2D eigenvalue weighted by molar-refractivity contribution is 6.19. The Labute approximate surface area is 183 Å². The lowest BCUT2D eigenvalue weighted by Crippen LogP contribution is -2.43. The van der Waals surface area contributed by atoms with Gasteiger partial charge in [-0.1, -0.05) is 12.1 Å². The molecule has 0 spiro atoms. The van der Waals surface area contributed by atoms with Gasteiger partial charge in [0.2, 0.25) is 5.88 Å². The minimum atomic E-state index is -1.25. The first-order valence-corrected chi connectivity index (χ1v) is 10.2. The van der Waals surface area contributed by atoms with Crippen molar-refractivity contribution >= 4 is 17.8 Å². The van der Waals surface area contributed by atoms with Crippen LogP contribution in [0, 0.1) is 0 Å². The third-order valence-electron chi connectivity index (χ3n) is 5.22. The molecule has 3 N–H and O–H groups in total. The van der Waals surface area contributed by atoms with Crippen LogP contribution in [-0.2, 0) is 20.9 Å². The van der Waals surface area contributed by atoms with Gasteiger partial charge >= 0.3 is 5.97 Å². The lowest BCUT2D eigenvalue weighted by Gasteiger charge is -2.27. The third-order valence-corrected chi connectivity index (χ3v) is 5.22. The van der Waals surface area contributed by atoms with E-state index in [-0.39, 0.29) is 25.3 Å². The van der Waals surface area contributed by atoms with E-state index in [2.05, 4.69) is 15.3 Å². The van der Waals surface area contributed by atoms with Crippen molar-refractivity contribution in [1.29, 1.82) is 0 Å². The van der Waals surface area contributed by atoms with Crippen LogP contribution in [0.5, 0.6) is 11.6 Å². The minimum Gasteiger partial charge on any atom is -0.511 e. The fourth-order valence-electron chi connectivity index (χ4n) is 3.39. The molecule has 10 heteroatoms. The SMILES string of the molecule is O=C(O)CNC(=O)C1=C(O)CCN(Cc2cnc(Oc3ccc(C4CC4)cc3)cn2)C1=O. The van der Waals surface area contributed by atoms with Crippen molar-refractivity contribution < 1.29 is 29.3 Å². The second kappa shape index (κ2) is 9.04. The van der Waals surface area contributed by atoms with Gasteiger partial charge in [-0.3, -0.25) is 19.4 Å². The van der Waals surface area contributed by atoms with Gasteiger partial charge in [0.1, 0.15) is 23.6 Å². The molecule has 0 saturated heterocycles. The molecule has 1 aromatic carbocycles. The van der Waals surface area contributed by atoms with Gasteiger partial charge in [-0.2, -0.15) is 0 Å². The van der Waals surface area contributed by atoms with Gasteiger partial charge in [-0.15, -0.1) is 0 Å². The Hall–Kier alpha value is -3.95. The quantitative estimate of drug-likeness (QED) is 0.531. The van der Waals surface area contributed by atoms with E-state index in [4.69, 9.17) is 9.84 Å². The predicted molar refractivity (Wildman–Crippen MR) is 111 cm³/mol. The topological polar surface area (TPSA) is 142 Å². The summed E-state index contributed by atoms with van der Waals surface area (Å²) < 4.78 is 5.71. The van der Waals surface area contributed by atoms with E-state index in [9.17, 15) is 19.5 Å². The molecule has 1 aromatic heterocycles. The molecular weight excluding hydrogens is 416 g/mol. The van der Waals surface area contributed by atoms with Gasteiger partial charge in [0.15, 0.2) is 0 Å². The van der Waals surface area contributed by atoms with Crippen LogP contribution in [0.3, 0.4) is 0 Å². The van der Waals surface area contributed by atoms with Crippen molar-refractivity contribution in [3.8, 4) is 11.6 Å². The van der Waals surface area contributed by atoms with E-state index in [0.717, 1.165) is 0 Å². The van der Waals surface area contributed by atoms with Crippen molar-refractivity contribution in [1.82, 2.24) is 20.2 Å². The molecule has 2 aliphatic rings. The first-order valence-electron chi connectivity index (χ1n) is 10.2. The van der Waals surface area contributed by atoms with Gasteiger partial charge in [0.05, 0.1) is 24.6 Å². The van der Waals surface area contributed by atoms with Gasteiger partial charge in [-0.25, -0.2) is 4.98 Å². The molecule has 1 aliphatic heterocycles. The van der Waals surface area contributed by atoms with Gasteiger partial charge in [0, 0.05) is 13.0 Å². The second-order valence-electron chi connectivity index (χ2n) is 7.67. The fourth-order valence-corrected chi connectivity index (χ4v) is 3.39. The molecule has 2 heterocycles. The zero-order valence-electron chi connectivity index (χ0n) is 17.2. The molecule has 0 bridgehead atoms. The number of rotatable bonds is 8. The number of aliphatic hydroxyl groups excluding tert-OH is 1. The average Bonchev–Trinajstić information content (AvgIpc) is 3.62. The number of carbonyl (C=O) groups is 3. The van der Waals surface area contributed by atoms with E-state index in [1.807, 2.05) is 24.3 Å². The molecule has 0 unspecified atom stereocenters. The Kier molecular flexibility index (Phi) is 6.02. The maximum atomic E-state index is 12.6. The highest BCUT2D eigenvalue weighted by Crippen LogP contribution is 2.40. The Bertz CT molecular complexity index is 1060. The molecule has 0 radical (unpaired) electrons. The van der Waals surface area contributed by atoms with Crippen LogP contribution < -0.4 is 10.1 Å². The number of carbonyl (C=O) groups excluding carboxylic acids is 2. The smallest absolute Gasteiger partial charge is 0.322 e. The van der Waals surface area contributed by atoms with E-state index >= 15 is 0 Å². The Balaban J connectivity index is 1.36. The second-order valence-corrected chi connectivity index (χ2v) is 7.67. The zero-order chi connectivity index (χ0) is 22.7. The Morgan fingerprint density at radius 2 is 1.91 bits per heavy atom. The van der Waals surface area contributed by atoms with Crippen LogP contribution in [0.15, 0.2) is 48.0 Å². The summed E-state index contributed by atoms with van der Waals surface area (Å²) in [5, 5.41) is 20.7. The maximum Gasteiger partial charge on any atom is 0.322 e. The molecular formula is C22H22N4O6. The number of carboxylic acids is 1.